The van der Waals surface area contributed by atoms with Crippen LogP contribution in [-0.4, -0.2) is 63.9 Å². The summed E-state index contributed by atoms with van der Waals surface area (Å²) in [7, 11) is -1.94. The van der Waals surface area contributed by atoms with E-state index in [4.69, 9.17) is 4.74 Å². The smallest absolute Gasteiger partial charge is 0.264 e. The van der Waals surface area contributed by atoms with Crippen LogP contribution in [0.5, 0.6) is 11.5 Å². The van der Waals surface area contributed by atoms with E-state index in [0.29, 0.717) is 30.3 Å². The molecule has 1 fully saturated rings. The van der Waals surface area contributed by atoms with Crippen molar-refractivity contribution in [3.63, 3.8) is 0 Å². The number of hydrogen-bond acceptors (Lipinski definition) is 5. The first-order chi connectivity index (χ1) is 16.3. The van der Waals surface area contributed by atoms with Gasteiger partial charge in [0.25, 0.3) is 10.0 Å². The zero-order valence-electron chi connectivity index (χ0n) is 19.4. The van der Waals surface area contributed by atoms with Crippen molar-refractivity contribution in [2.75, 3.05) is 44.1 Å². The van der Waals surface area contributed by atoms with Crippen LogP contribution in [-0.2, 0) is 14.8 Å². The number of nitrogens with zero attached hydrogens (tertiary/aromatic N) is 3. The summed E-state index contributed by atoms with van der Waals surface area (Å²) in [4.78, 5) is 17.1. The van der Waals surface area contributed by atoms with Crippen LogP contribution in [0, 0.1) is 6.92 Å². The van der Waals surface area contributed by atoms with Crippen molar-refractivity contribution in [3.8, 4) is 11.5 Å². The summed E-state index contributed by atoms with van der Waals surface area (Å²) >= 11 is 0. The van der Waals surface area contributed by atoms with E-state index in [-0.39, 0.29) is 17.3 Å². The number of carbonyl (C=O) groups is 1. The predicted octanol–water partition coefficient (Wildman–Crippen LogP) is 3.76. The molecular formula is C26H29N3O4S. The highest BCUT2D eigenvalue weighted by molar-refractivity contribution is 7.92. The maximum Gasteiger partial charge on any atom is 0.264 e. The zero-order valence-corrected chi connectivity index (χ0v) is 20.2. The molecule has 0 saturated carbocycles. The van der Waals surface area contributed by atoms with Gasteiger partial charge in [-0.05, 0) is 62.5 Å². The lowest BCUT2D eigenvalue weighted by molar-refractivity contribution is -0.131. The fourth-order valence-electron chi connectivity index (χ4n) is 3.74. The van der Waals surface area contributed by atoms with E-state index in [2.05, 4.69) is 4.90 Å². The molecule has 0 atom stereocenters. The van der Waals surface area contributed by atoms with Gasteiger partial charge >= 0.3 is 0 Å². The lowest BCUT2D eigenvalue weighted by atomic mass is 10.2. The minimum absolute atomic E-state index is 0.147. The highest BCUT2D eigenvalue weighted by Gasteiger charge is 2.30. The Balaban J connectivity index is 1.61. The van der Waals surface area contributed by atoms with Gasteiger partial charge in [0.2, 0.25) is 5.91 Å². The van der Waals surface area contributed by atoms with Gasteiger partial charge in [0.05, 0.1) is 10.6 Å². The van der Waals surface area contributed by atoms with Gasteiger partial charge < -0.3 is 14.5 Å². The lowest BCUT2D eigenvalue weighted by Crippen LogP contribution is -2.50. The molecule has 1 aliphatic heterocycles. The normalized spacial score (nSPS) is 14.6. The Morgan fingerprint density at radius 2 is 1.44 bits per heavy atom. The van der Waals surface area contributed by atoms with Crippen molar-refractivity contribution in [2.24, 2.45) is 0 Å². The van der Waals surface area contributed by atoms with E-state index in [1.54, 1.807) is 53.4 Å². The lowest BCUT2D eigenvalue weighted by Gasteiger charge is -2.34. The van der Waals surface area contributed by atoms with E-state index in [1.165, 1.54) is 4.31 Å². The molecule has 0 aromatic heterocycles. The molecule has 1 amide bonds. The number of piperazine rings is 1. The number of rotatable bonds is 7. The third kappa shape index (κ3) is 5.58. The number of sulfonamides is 1. The molecule has 0 spiro atoms. The molecule has 3 aromatic carbocycles. The van der Waals surface area contributed by atoms with Crippen LogP contribution in [0.2, 0.25) is 0 Å². The maximum atomic E-state index is 13.6. The summed E-state index contributed by atoms with van der Waals surface area (Å²) in [6, 6.07) is 22.8. The Bertz CT molecular complexity index is 1210. The van der Waals surface area contributed by atoms with E-state index >= 15 is 0 Å². The topological polar surface area (TPSA) is 70.2 Å². The number of likely N-dealkylation sites (N-methyl/N-ethyl adjacent to an activating group) is 1. The minimum atomic E-state index is -3.95. The number of para-hydroxylation sites is 1. The molecule has 4 rings (SSSR count). The molecule has 0 N–H and O–H groups in total. The van der Waals surface area contributed by atoms with E-state index in [9.17, 15) is 13.2 Å². The van der Waals surface area contributed by atoms with Gasteiger partial charge in [-0.2, -0.15) is 0 Å². The van der Waals surface area contributed by atoms with Gasteiger partial charge in [-0.3, -0.25) is 9.10 Å². The van der Waals surface area contributed by atoms with Crippen molar-refractivity contribution < 1.29 is 17.9 Å². The van der Waals surface area contributed by atoms with Crippen LogP contribution in [0.3, 0.4) is 0 Å². The standard InChI is InChI=1S/C26H29N3O4S/c1-21-8-14-25(15-9-21)34(31,32)29(20-26(30)28-18-16-27(2)17-19-28)22-10-12-24(13-11-22)33-23-6-4-3-5-7-23/h3-15H,16-20H2,1-2H3. The number of ether oxygens (including phenoxy) is 1. The summed E-state index contributed by atoms with van der Waals surface area (Å²) in [5.74, 6) is 1.05. The van der Waals surface area contributed by atoms with Crippen molar-refractivity contribution >= 4 is 21.6 Å². The molecule has 0 radical (unpaired) electrons. The molecule has 1 saturated heterocycles. The number of hydrogen-bond donors (Lipinski definition) is 0. The van der Waals surface area contributed by atoms with Crippen LogP contribution in [0.4, 0.5) is 5.69 Å². The van der Waals surface area contributed by atoms with Crippen molar-refractivity contribution in [1.29, 1.82) is 0 Å². The van der Waals surface area contributed by atoms with Gasteiger partial charge in [-0.25, -0.2) is 8.42 Å². The zero-order chi connectivity index (χ0) is 24.1. The molecule has 0 unspecified atom stereocenters. The molecule has 1 heterocycles. The molecule has 34 heavy (non-hydrogen) atoms. The molecule has 178 valence electrons. The van der Waals surface area contributed by atoms with E-state index in [0.717, 1.165) is 18.7 Å². The van der Waals surface area contributed by atoms with E-state index < -0.39 is 10.0 Å². The summed E-state index contributed by atoms with van der Waals surface area (Å²) in [6.45, 7) is 4.33. The molecule has 3 aromatic rings. The Morgan fingerprint density at radius 3 is 2.06 bits per heavy atom. The highest BCUT2D eigenvalue weighted by atomic mass is 32.2. The number of anilines is 1. The SMILES string of the molecule is Cc1ccc(S(=O)(=O)N(CC(=O)N2CCN(C)CC2)c2ccc(Oc3ccccc3)cc2)cc1. The highest BCUT2D eigenvalue weighted by Crippen LogP contribution is 2.28. The average Bonchev–Trinajstić information content (AvgIpc) is 2.84. The Kier molecular flexibility index (Phi) is 7.19. The Hall–Kier alpha value is -3.36. The van der Waals surface area contributed by atoms with Crippen molar-refractivity contribution in [1.82, 2.24) is 9.80 Å². The Morgan fingerprint density at radius 1 is 0.853 bits per heavy atom. The van der Waals surface area contributed by atoms with Gasteiger partial charge in [-0.1, -0.05) is 35.9 Å². The van der Waals surface area contributed by atoms with Crippen LogP contribution in [0.1, 0.15) is 5.56 Å². The second-order valence-electron chi connectivity index (χ2n) is 8.42. The number of aryl methyl sites for hydroxylation is 1. The molecule has 1 aliphatic rings. The number of benzene rings is 3. The second kappa shape index (κ2) is 10.3. The summed E-state index contributed by atoms with van der Waals surface area (Å²) in [5, 5.41) is 0. The summed E-state index contributed by atoms with van der Waals surface area (Å²) in [5.41, 5.74) is 1.37. The largest absolute Gasteiger partial charge is 0.457 e. The molecule has 0 aliphatic carbocycles. The number of amides is 1. The molecule has 8 heteroatoms. The van der Waals surface area contributed by atoms with Gasteiger partial charge in [0, 0.05) is 26.2 Å². The van der Waals surface area contributed by atoms with E-state index in [1.807, 2.05) is 44.3 Å². The minimum Gasteiger partial charge on any atom is -0.457 e. The second-order valence-corrected chi connectivity index (χ2v) is 10.3. The van der Waals surface area contributed by atoms with Crippen LogP contribution in [0.15, 0.2) is 83.8 Å². The first-order valence-corrected chi connectivity index (χ1v) is 12.7. The van der Waals surface area contributed by atoms with Crippen LogP contribution >= 0.6 is 0 Å². The third-order valence-electron chi connectivity index (χ3n) is 5.85. The quantitative estimate of drug-likeness (QED) is 0.516. The van der Waals surface area contributed by atoms with Crippen LogP contribution in [0.25, 0.3) is 0 Å². The first-order valence-electron chi connectivity index (χ1n) is 11.2. The summed E-state index contributed by atoms with van der Waals surface area (Å²) < 4.78 is 34.2. The third-order valence-corrected chi connectivity index (χ3v) is 7.64. The fourth-order valence-corrected chi connectivity index (χ4v) is 5.15. The Labute approximate surface area is 201 Å². The van der Waals surface area contributed by atoms with Crippen molar-refractivity contribution in [3.05, 3.63) is 84.4 Å². The molecular weight excluding hydrogens is 450 g/mol. The summed E-state index contributed by atoms with van der Waals surface area (Å²) in [6.07, 6.45) is 0. The fraction of sp³-hybridized carbons (Fsp3) is 0.269. The number of carbonyl (C=O) groups excluding carboxylic acids is 1. The maximum absolute atomic E-state index is 13.6. The van der Waals surface area contributed by atoms with Gasteiger partial charge in [0.1, 0.15) is 18.0 Å². The van der Waals surface area contributed by atoms with Gasteiger partial charge in [0.15, 0.2) is 0 Å². The first kappa shape index (κ1) is 23.8. The monoisotopic (exact) mass is 479 g/mol. The van der Waals surface area contributed by atoms with Gasteiger partial charge in [-0.15, -0.1) is 0 Å². The van der Waals surface area contributed by atoms with Crippen molar-refractivity contribution in [2.45, 2.75) is 11.8 Å². The molecule has 7 nitrogen and oxygen atoms in total. The molecule has 0 bridgehead atoms. The predicted molar refractivity (Wildman–Crippen MR) is 133 cm³/mol. The van der Waals surface area contributed by atoms with Crippen LogP contribution < -0.4 is 9.04 Å². The average molecular weight is 480 g/mol.